The second kappa shape index (κ2) is 5.99. The molecule has 2 aromatic rings. The van der Waals surface area contributed by atoms with Crippen LogP contribution in [0, 0.1) is 0 Å². The summed E-state index contributed by atoms with van der Waals surface area (Å²) in [5.41, 5.74) is 3.22. The second-order valence-corrected chi connectivity index (χ2v) is 5.35. The number of hydrogen-bond donors (Lipinski definition) is 2. The highest BCUT2D eigenvalue weighted by Gasteiger charge is 2.23. The van der Waals surface area contributed by atoms with Crippen molar-refractivity contribution in [1.82, 2.24) is 15.5 Å². The Hall–Kier alpha value is -2.30. The fourth-order valence-corrected chi connectivity index (χ4v) is 2.82. The van der Waals surface area contributed by atoms with Gasteiger partial charge in [-0.05, 0) is 42.5 Å². The van der Waals surface area contributed by atoms with Crippen molar-refractivity contribution < 1.29 is 9.53 Å². The van der Waals surface area contributed by atoms with Gasteiger partial charge in [-0.1, -0.05) is 12.1 Å². The zero-order chi connectivity index (χ0) is 14.7. The highest BCUT2D eigenvalue weighted by atomic mass is 16.5. The minimum atomic E-state index is 0.0238. The maximum absolute atomic E-state index is 12.2. The van der Waals surface area contributed by atoms with E-state index in [2.05, 4.69) is 15.5 Å². The number of aryl methyl sites for hydroxylation is 1. The molecule has 0 saturated carbocycles. The fourth-order valence-electron chi connectivity index (χ4n) is 2.82. The molecule has 0 bridgehead atoms. The van der Waals surface area contributed by atoms with Gasteiger partial charge in [0.25, 0.3) is 0 Å². The molecule has 0 saturated heterocycles. The van der Waals surface area contributed by atoms with Crippen LogP contribution in [0.4, 0.5) is 0 Å². The number of benzene rings is 1. The number of nitrogens with zero attached hydrogens (tertiary/aromatic N) is 1. The monoisotopic (exact) mass is 285 g/mol. The van der Waals surface area contributed by atoms with Crippen LogP contribution in [0.25, 0.3) is 0 Å². The average Bonchev–Trinajstić information content (AvgIpc) is 2.97. The van der Waals surface area contributed by atoms with Gasteiger partial charge in [-0.3, -0.25) is 9.89 Å². The van der Waals surface area contributed by atoms with Crippen LogP contribution in [-0.4, -0.2) is 23.2 Å². The molecule has 21 heavy (non-hydrogen) atoms. The number of rotatable bonds is 4. The Morgan fingerprint density at radius 1 is 1.52 bits per heavy atom. The van der Waals surface area contributed by atoms with E-state index < -0.39 is 0 Å². The minimum absolute atomic E-state index is 0.0238. The molecule has 2 N–H and O–H groups in total. The third-order valence-corrected chi connectivity index (χ3v) is 3.87. The van der Waals surface area contributed by atoms with E-state index in [1.165, 1.54) is 5.56 Å². The van der Waals surface area contributed by atoms with Gasteiger partial charge < -0.3 is 10.1 Å². The predicted octanol–water partition coefficient (Wildman–Crippen LogP) is 2.15. The zero-order valence-electron chi connectivity index (χ0n) is 12.1. The number of ether oxygens (including phenoxy) is 1. The Bertz CT molecular complexity index is 636. The summed E-state index contributed by atoms with van der Waals surface area (Å²) in [5, 5.41) is 10.2. The van der Waals surface area contributed by atoms with Crippen LogP contribution < -0.4 is 10.1 Å². The van der Waals surface area contributed by atoms with Gasteiger partial charge >= 0.3 is 0 Å². The SMILES string of the molecule is COc1cccc(CC(=O)NC2CCCc3cn[nH]c32)c1. The Kier molecular flexibility index (Phi) is 3.90. The van der Waals surface area contributed by atoms with Gasteiger partial charge in [0.05, 0.1) is 31.5 Å². The van der Waals surface area contributed by atoms with Crippen LogP contribution in [0.5, 0.6) is 5.75 Å². The van der Waals surface area contributed by atoms with Crippen molar-refractivity contribution in [3.8, 4) is 5.75 Å². The lowest BCUT2D eigenvalue weighted by Crippen LogP contribution is -2.32. The average molecular weight is 285 g/mol. The molecule has 5 heteroatoms. The lowest BCUT2D eigenvalue weighted by atomic mass is 9.93. The first kappa shape index (κ1) is 13.7. The quantitative estimate of drug-likeness (QED) is 0.904. The van der Waals surface area contributed by atoms with E-state index in [1.807, 2.05) is 30.5 Å². The molecule has 0 aliphatic heterocycles. The standard InChI is InChI=1S/C16H19N3O2/c1-21-13-6-2-4-11(8-13)9-15(20)18-14-7-3-5-12-10-17-19-16(12)14/h2,4,6,8,10,14H,3,5,7,9H2,1H3,(H,17,19)(H,18,20). The summed E-state index contributed by atoms with van der Waals surface area (Å²) in [5.74, 6) is 0.796. The second-order valence-electron chi connectivity index (χ2n) is 5.35. The maximum atomic E-state index is 12.2. The Balaban J connectivity index is 1.65. The number of aromatic nitrogens is 2. The Labute approximate surface area is 123 Å². The van der Waals surface area contributed by atoms with E-state index in [-0.39, 0.29) is 11.9 Å². The van der Waals surface area contributed by atoms with Crippen molar-refractivity contribution in [3.63, 3.8) is 0 Å². The smallest absolute Gasteiger partial charge is 0.224 e. The highest BCUT2D eigenvalue weighted by molar-refractivity contribution is 5.79. The van der Waals surface area contributed by atoms with E-state index in [0.29, 0.717) is 6.42 Å². The molecule has 1 amide bonds. The number of carbonyl (C=O) groups excluding carboxylic acids is 1. The first-order chi connectivity index (χ1) is 10.3. The molecule has 1 atom stereocenters. The third-order valence-electron chi connectivity index (χ3n) is 3.87. The van der Waals surface area contributed by atoms with Crippen LogP contribution in [0.1, 0.15) is 35.7 Å². The summed E-state index contributed by atoms with van der Waals surface area (Å²) in [6, 6.07) is 7.65. The van der Waals surface area contributed by atoms with Crippen LogP contribution in [0.2, 0.25) is 0 Å². The highest BCUT2D eigenvalue weighted by Crippen LogP contribution is 2.27. The van der Waals surface area contributed by atoms with Crippen molar-refractivity contribution in [2.24, 2.45) is 0 Å². The van der Waals surface area contributed by atoms with Crippen molar-refractivity contribution >= 4 is 5.91 Å². The molecule has 1 heterocycles. The van der Waals surface area contributed by atoms with Gasteiger partial charge in [-0.2, -0.15) is 5.10 Å². The molecule has 1 aliphatic rings. The van der Waals surface area contributed by atoms with Gasteiger partial charge in [0.2, 0.25) is 5.91 Å². The van der Waals surface area contributed by atoms with Crippen molar-refractivity contribution in [2.45, 2.75) is 31.7 Å². The van der Waals surface area contributed by atoms with E-state index in [4.69, 9.17) is 4.74 Å². The molecule has 0 fully saturated rings. The lowest BCUT2D eigenvalue weighted by molar-refractivity contribution is -0.121. The van der Waals surface area contributed by atoms with Crippen molar-refractivity contribution in [2.75, 3.05) is 7.11 Å². The number of amides is 1. The van der Waals surface area contributed by atoms with E-state index in [0.717, 1.165) is 36.3 Å². The molecule has 5 nitrogen and oxygen atoms in total. The zero-order valence-corrected chi connectivity index (χ0v) is 12.1. The summed E-state index contributed by atoms with van der Waals surface area (Å²) in [7, 11) is 1.63. The number of carbonyl (C=O) groups is 1. The summed E-state index contributed by atoms with van der Waals surface area (Å²) in [6.45, 7) is 0. The van der Waals surface area contributed by atoms with Gasteiger partial charge in [0.15, 0.2) is 0 Å². The van der Waals surface area contributed by atoms with Crippen LogP contribution in [0.3, 0.4) is 0 Å². The van der Waals surface area contributed by atoms with Crippen LogP contribution in [-0.2, 0) is 17.6 Å². The molecule has 1 aliphatic carbocycles. The lowest BCUT2D eigenvalue weighted by Gasteiger charge is -2.23. The molecular formula is C16H19N3O2. The normalized spacial score (nSPS) is 17.1. The van der Waals surface area contributed by atoms with Crippen LogP contribution >= 0.6 is 0 Å². The molecule has 0 spiro atoms. The van der Waals surface area contributed by atoms with Gasteiger partial charge in [-0.25, -0.2) is 0 Å². The fraction of sp³-hybridized carbons (Fsp3) is 0.375. The van der Waals surface area contributed by atoms with E-state index >= 15 is 0 Å². The number of aromatic amines is 1. The molecule has 1 aromatic carbocycles. The number of H-pyrrole nitrogens is 1. The molecule has 1 aromatic heterocycles. The van der Waals surface area contributed by atoms with Gasteiger partial charge in [-0.15, -0.1) is 0 Å². The molecule has 1 unspecified atom stereocenters. The Morgan fingerprint density at radius 2 is 2.43 bits per heavy atom. The summed E-state index contributed by atoms with van der Waals surface area (Å²) in [4.78, 5) is 12.2. The first-order valence-corrected chi connectivity index (χ1v) is 7.20. The van der Waals surface area contributed by atoms with Crippen molar-refractivity contribution in [1.29, 1.82) is 0 Å². The summed E-state index contributed by atoms with van der Waals surface area (Å²) >= 11 is 0. The minimum Gasteiger partial charge on any atom is -0.497 e. The van der Waals surface area contributed by atoms with E-state index in [1.54, 1.807) is 7.11 Å². The third kappa shape index (κ3) is 3.07. The van der Waals surface area contributed by atoms with E-state index in [9.17, 15) is 4.79 Å². The first-order valence-electron chi connectivity index (χ1n) is 7.20. The Morgan fingerprint density at radius 3 is 3.29 bits per heavy atom. The topological polar surface area (TPSA) is 67.0 Å². The van der Waals surface area contributed by atoms with Crippen LogP contribution in [0.15, 0.2) is 30.5 Å². The maximum Gasteiger partial charge on any atom is 0.224 e. The molecule has 0 radical (unpaired) electrons. The predicted molar refractivity (Wildman–Crippen MR) is 79.1 cm³/mol. The summed E-state index contributed by atoms with van der Waals surface area (Å²) in [6.07, 6.45) is 5.29. The van der Waals surface area contributed by atoms with Gasteiger partial charge in [0.1, 0.15) is 5.75 Å². The number of hydrogen-bond acceptors (Lipinski definition) is 3. The number of fused-ring (bicyclic) bond motifs is 1. The molecule has 3 rings (SSSR count). The molecule has 110 valence electrons. The number of methoxy groups -OCH3 is 1. The molecular weight excluding hydrogens is 266 g/mol. The largest absolute Gasteiger partial charge is 0.497 e. The van der Waals surface area contributed by atoms with Crippen molar-refractivity contribution in [3.05, 3.63) is 47.3 Å². The summed E-state index contributed by atoms with van der Waals surface area (Å²) < 4.78 is 5.18. The van der Waals surface area contributed by atoms with Gasteiger partial charge in [0, 0.05) is 0 Å². The number of nitrogens with one attached hydrogen (secondary N) is 2.